The van der Waals surface area contributed by atoms with Crippen LogP contribution in [0.5, 0.6) is 0 Å². The fourth-order valence-electron chi connectivity index (χ4n) is 3.95. The van der Waals surface area contributed by atoms with Gasteiger partial charge in [-0.05, 0) is 68.3 Å². The van der Waals surface area contributed by atoms with Crippen molar-refractivity contribution in [2.24, 2.45) is 0 Å². The molecule has 0 heterocycles. The highest BCUT2D eigenvalue weighted by atomic mass is 79.9. The number of sulfonamides is 1. The summed E-state index contributed by atoms with van der Waals surface area (Å²) in [4.78, 5) is 29.0. The average Bonchev–Trinajstić information content (AvgIpc) is 2.87. The Morgan fingerprint density at radius 1 is 0.923 bits per heavy atom. The number of nitrogens with zero attached hydrogens (tertiary/aromatic N) is 2. The van der Waals surface area contributed by atoms with Crippen LogP contribution in [-0.2, 0) is 32.6 Å². The molecule has 1 atom stereocenters. The highest BCUT2D eigenvalue weighted by Crippen LogP contribution is 2.21. The number of carbonyl (C=O) groups excluding carboxylic acids is 2. The first kappa shape index (κ1) is 30.8. The Kier molecular flexibility index (Phi) is 10.3. The van der Waals surface area contributed by atoms with Gasteiger partial charge in [0.2, 0.25) is 21.8 Å². The summed E-state index contributed by atoms with van der Waals surface area (Å²) < 4.78 is 28.3. The first-order chi connectivity index (χ1) is 18.3. The first-order valence-electron chi connectivity index (χ1n) is 12.4. The summed E-state index contributed by atoms with van der Waals surface area (Å²) in [5.41, 5.74) is 1.14. The molecular weight excluding hydrogens is 602 g/mol. The quantitative estimate of drug-likeness (QED) is 0.329. The fourth-order valence-corrected chi connectivity index (χ4v) is 5.46. The minimum absolute atomic E-state index is 0.0213. The van der Waals surface area contributed by atoms with Gasteiger partial charge in [0.25, 0.3) is 0 Å². The third-order valence-corrected chi connectivity index (χ3v) is 8.51. The van der Waals surface area contributed by atoms with E-state index < -0.39 is 34.1 Å². The van der Waals surface area contributed by atoms with Gasteiger partial charge in [-0.15, -0.1) is 0 Å². The summed E-state index contributed by atoms with van der Waals surface area (Å²) in [6, 6.07) is 21.8. The molecule has 0 aliphatic carbocycles. The lowest BCUT2D eigenvalue weighted by Gasteiger charge is -2.34. The van der Waals surface area contributed by atoms with Crippen LogP contribution < -0.4 is 5.32 Å². The van der Waals surface area contributed by atoms with Crippen LogP contribution in [0.2, 0.25) is 5.02 Å². The van der Waals surface area contributed by atoms with E-state index in [4.69, 9.17) is 11.6 Å². The number of rotatable bonds is 10. The van der Waals surface area contributed by atoms with Crippen LogP contribution in [0, 0.1) is 0 Å². The highest BCUT2D eigenvalue weighted by Gasteiger charge is 2.34. The van der Waals surface area contributed by atoms with E-state index in [2.05, 4.69) is 21.2 Å². The van der Waals surface area contributed by atoms with Crippen molar-refractivity contribution in [1.82, 2.24) is 14.5 Å². The molecule has 0 bridgehead atoms. The van der Waals surface area contributed by atoms with Crippen LogP contribution in [0.15, 0.2) is 88.2 Å². The Labute approximate surface area is 244 Å². The number of likely N-dealkylation sites (N-methyl/N-ethyl adjacent to an activating group) is 1. The average molecular weight is 635 g/mol. The van der Waals surface area contributed by atoms with E-state index in [1.807, 2.05) is 75.4 Å². The maximum atomic E-state index is 13.9. The number of hydrogen-bond donors (Lipinski definition) is 1. The smallest absolute Gasteiger partial charge is 0.243 e. The van der Waals surface area contributed by atoms with E-state index in [1.54, 1.807) is 0 Å². The molecule has 0 aromatic heterocycles. The van der Waals surface area contributed by atoms with Crippen LogP contribution in [0.4, 0.5) is 0 Å². The van der Waals surface area contributed by atoms with Gasteiger partial charge in [-0.25, -0.2) is 8.42 Å². The number of carbonyl (C=O) groups is 2. The summed E-state index contributed by atoms with van der Waals surface area (Å²) in [7, 11) is -2.63. The van der Waals surface area contributed by atoms with Gasteiger partial charge in [-0.1, -0.05) is 70.0 Å². The molecule has 0 aliphatic rings. The SMILES string of the molecule is CN(CC(=O)N(Cc1ccc(Br)cc1)[C@@H](Cc1ccccc1)C(=O)NC(C)(C)C)S(=O)(=O)c1ccc(Cl)cc1. The molecule has 0 saturated heterocycles. The molecule has 7 nitrogen and oxygen atoms in total. The van der Waals surface area contributed by atoms with Crippen molar-refractivity contribution in [3.05, 3.63) is 99.5 Å². The van der Waals surface area contributed by atoms with E-state index in [1.165, 1.54) is 36.2 Å². The van der Waals surface area contributed by atoms with Crippen molar-refractivity contribution < 1.29 is 18.0 Å². The van der Waals surface area contributed by atoms with Gasteiger partial charge in [0.15, 0.2) is 0 Å². The summed E-state index contributed by atoms with van der Waals surface area (Å²) >= 11 is 9.35. The predicted molar refractivity (Wildman–Crippen MR) is 158 cm³/mol. The molecule has 0 spiro atoms. The third-order valence-electron chi connectivity index (χ3n) is 5.92. The van der Waals surface area contributed by atoms with E-state index in [0.717, 1.165) is 19.9 Å². The summed E-state index contributed by atoms with van der Waals surface area (Å²) in [6.45, 7) is 5.29. The van der Waals surface area contributed by atoms with Gasteiger partial charge >= 0.3 is 0 Å². The van der Waals surface area contributed by atoms with E-state index in [0.29, 0.717) is 5.02 Å². The van der Waals surface area contributed by atoms with Crippen molar-refractivity contribution in [3.63, 3.8) is 0 Å². The zero-order valence-corrected chi connectivity index (χ0v) is 25.6. The molecule has 0 radical (unpaired) electrons. The zero-order valence-electron chi connectivity index (χ0n) is 22.4. The second kappa shape index (κ2) is 13.1. The predicted octanol–water partition coefficient (Wildman–Crippen LogP) is 5.28. The molecule has 3 aromatic rings. The molecule has 1 N–H and O–H groups in total. The van der Waals surface area contributed by atoms with Crippen LogP contribution in [0.1, 0.15) is 31.9 Å². The lowest BCUT2D eigenvalue weighted by atomic mass is 10.0. The second-order valence-corrected chi connectivity index (χ2v) is 13.7. The maximum absolute atomic E-state index is 13.9. The monoisotopic (exact) mass is 633 g/mol. The Hall–Kier alpha value is -2.72. The Bertz CT molecular complexity index is 1380. The largest absolute Gasteiger partial charge is 0.350 e. The standard InChI is InChI=1S/C29H33BrClN3O4S/c1-29(2,3)32-28(36)26(18-21-8-6-5-7-9-21)34(19-22-10-12-23(30)13-11-22)27(35)20-33(4)39(37,38)25-16-14-24(31)15-17-25/h5-17,26H,18-20H2,1-4H3,(H,32,36)/t26-/m0/s1. The third kappa shape index (κ3) is 8.89. The van der Waals surface area contributed by atoms with Crippen LogP contribution >= 0.6 is 27.5 Å². The van der Waals surface area contributed by atoms with Gasteiger partial charge < -0.3 is 10.2 Å². The van der Waals surface area contributed by atoms with Gasteiger partial charge in [-0.2, -0.15) is 4.31 Å². The Balaban J connectivity index is 1.98. The van der Waals surface area contributed by atoms with Crippen molar-refractivity contribution in [2.45, 2.75) is 50.2 Å². The van der Waals surface area contributed by atoms with Crippen molar-refractivity contribution in [1.29, 1.82) is 0 Å². The molecule has 3 rings (SSSR count). The normalized spacial score (nSPS) is 12.7. The molecular formula is C29H33BrClN3O4S. The number of nitrogens with one attached hydrogen (secondary N) is 1. The van der Waals surface area contributed by atoms with Gasteiger partial charge in [-0.3, -0.25) is 9.59 Å². The molecule has 0 aliphatic heterocycles. The van der Waals surface area contributed by atoms with Gasteiger partial charge in [0.05, 0.1) is 11.4 Å². The van der Waals surface area contributed by atoms with E-state index in [-0.39, 0.29) is 23.8 Å². The van der Waals surface area contributed by atoms with E-state index in [9.17, 15) is 18.0 Å². The Morgan fingerprint density at radius 2 is 1.51 bits per heavy atom. The van der Waals surface area contributed by atoms with Crippen LogP contribution in [0.3, 0.4) is 0 Å². The summed E-state index contributed by atoms with van der Waals surface area (Å²) in [5, 5.41) is 3.40. The van der Waals surface area contributed by atoms with Crippen LogP contribution in [0.25, 0.3) is 0 Å². The number of amides is 2. The Morgan fingerprint density at radius 3 is 2.08 bits per heavy atom. The summed E-state index contributed by atoms with van der Waals surface area (Å²) in [6.07, 6.45) is 0.263. The first-order valence-corrected chi connectivity index (χ1v) is 15.0. The van der Waals surface area contributed by atoms with Gasteiger partial charge in [0.1, 0.15) is 6.04 Å². The summed E-state index contributed by atoms with van der Waals surface area (Å²) in [5.74, 6) is -0.817. The van der Waals surface area contributed by atoms with Gasteiger partial charge in [0, 0.05) is 35.0 Å². The fraction of sp³-hybridized carbons (Fsp3) is 0.310. The van der Waals surface area contributed by atoms with Crippen LogP contribution in [-0.4, -0.2) is 54.6 Å². The van der Waals surface area contributed by atoms with E-state index >= 15 is 0 Å². The number of halogens is 2. The lowest BCUT2D eigenvalue weighted by Crippen LogP contribution is -2.56. The number of hydrogen-bond acceptors (Lipinski definition) is 4. The molecule has 0 fully saturated rings. The van der Waals surface area contributed by atoms with Crippen molar-refractivity contribution >= 4 is 49.4 Å². The molecule has 0 unspecified atom stereocenters. The molecule has 2 amide bonds. The molecule has 39 heavy (non-hydrogen) atoms. The minimum atomic E-state index is -3.98. The zero-order chi connectivity index (χ0) is 28.8. The van der Waals surface area contributed by atoms with Crippen molar-refractivity contribution in [3.8, 4) is 0 Å². The molecule has 208 valence electrons. The maximum Gasteiger partial charge on any atom is 0.243 e. The second-order valence-electron chi connectivity index (χ2n) is 10.3. The molecule has 10 heteroatoms. The number of benzene rings is 3. The lowest BCUT2D eigenvalue weighted by molar-refractivity contribution is -0.141. The topological polar surface area (TPSA) is 86.8 Å². The van der Waals surface area contributed by atoms with Crippen molar-refractivity contribution in [2.75, 3.05) is 13.6 Å². The minimum Gasteiger partial charge on any atom is -0.350 e. The molecule has 0 saturated carbocycles. The molecule has 3 aromatic carbocycles. The highest BCUT2D eigenvalue weighted by molar-refractivity contribution is 9.10.